The number of Topliss-reactive ketones (excluding diaryl/α,β-unsaturated/α-hetero) is 1. The minimum Gasteiger partial charge on any atom is -0.394 e. The second-order valence-corrected chi connectivity index (χ2v) is 2.76. The summed E-state index contributed by atoms with van der Waals surface area (Å²) in [7, 11) is 0. The third kappa shape index (κ3) is 3.37. The van der Waals surface area contributed by atoms with Crippen molar-refractivity contribution in [1.82, 2.24) is 0 Å². The zero-order chi connectivity index (χ0) is 10.6. The molecule has 0 rings (SSSR count). The molecule has 6 nitrogen and oxygen atoms in total. The van der Waals surface area contributed by atoms with Crippen LogP contribution in [-0.4, -0.2) is 62.3 Å². The molecule has 0 aromatic carbocycles. The van der Waals surface area contributed by atoms with Crippen LogP contribution in [0.5, 0.6) is 0 Å². The molecule has 0 heterocycles. The van der Waals surface area contributed by atoms with E-state index in [1.165, 1.54) is 0 Å². The lowest BCUT2D eigenvalue weighted by molar-refractivity contribution is -0.147. The predicted octanol–water partition coefficient (Wildman–Crippen LogP) is -2.99. The zero-order valence-corrected chi connectivity index (χ0v) is 7.16. The highest BCUT2D eigenvalue weighted by Gasteiger charge is 2.31. The van der Waals surface area contributed by atoms with Crippen LogP contribution in [0.2, 0.25) is 0 Å². The van der Waals surface area contributed by atoms with E-state index in [1.54, 1.807) is 0 Å². The number of rotatable bonds is 5. The first-order valence-electron chi connectivity index (χ1n) is 3.78. The van der Waals surface area contributed by atoms with Gasteiger partial charge in [0.2, 0.25) is 0 Å². The molecule has 0 radical (unpaired) electrons. The smallest absolute Gasteiger partial charge is 0.192 e. The van der Waals surface area contributed by atoms with Crippen LogP contribution in [0.1, 0.15) is 6.92 Å². The summed E-state index contributed by atoms with van der Waals surface area (Å²) >= 11 is 0. The lowest BCUT2D eigenvalue weighted by Crippen LogP contribution is -2.46. The van der Waals surface area contributed by atoms with Gasteiger partial charge in [-0.05, 0) is 6.92 Å². The van der Waals surface area contributed by atoms with E-state index in [9.17, 15) is 4.79 Å². The van der Waals surface area contributed by atoms with Crippen molar-refractivity contribution in [1.29, 1.82) is 0 Å². The van der Waals surface area contributed by atoms with Crippen molar-refractivity contribution in [2.75, 3.05) is 6.61 Å². The molecule has 0 saturated heterocycles. The van der Waals surface area contributed by atoms with E-state index in [1.807, 2.05) is 0 Å². The van der Waals surface area contributed by atoms with Gasteiger partial charge in [0.25, 0.3) is 0 Å². The van der Waals surface area contributed by atoms with Gasteiger partial charge in [0.05, 0.1) is 6.61 Å². The van der Waals surface area contributed by atoms with E-state index in [0.717, 1.165) is 6.92 Å². The van der Waals surface area contributed by atoms with E-state index >= 15 is 0 Å². The summed E-state index contributed by atoms with van der Waals surface area (Å²) in [6, 6.07) is 0. The van der Waals surface area contributed by atoms with Crippen LogP contribution < -0.4 is 0 Å². The van der Waals surface area contributed by atoms with Crippen molar-refractivity contribution in [2.45, 2.75) is 31.3 Å². The lowest BCUT2D eigenvalue weighted by Gasteiger charge is -2.21. The number of ketones is 1. The van der Waals surface area contributed by atoms with E-state index in [4.69, 9.17) is 25.5 Å². The molecule has 6 heteroatoms. The quantitative estimate of drug-likeness (QED) is 0.318. The fraction of sp³-hybridized carbons (Fsp3) is 0.857. The maximum Gasteiger partial charge on any atom is 0.192 e. The minimum atomic E-state index is -1.89. The van der Waals surface area contributed by atoms with Crippen LogP contribution in [0.15, 0.2) is 0 Å². The number of aliphatic hydroxyl groups is 5. The second-order valence-electron chi connectivity index (χ2n) is 2.76. The third-order valence-corrected chi connectivity index (χ3v) is 1.61. The first kappa shape index (κ1) is 12.5. The van der Waals surface area contributed by atoms with Crippen molar-refractivity contribution in [3.05, 3.63) is 0 Å². The Bertz CT molecular complexity index is 168. The van der Waals surface area contributed by atoms with Crippen molar-refractivity contribution in [3.63, 3.8) is 0 Å². The molecule has 4 atom stereocenters. The largest absolute Gasteiger partial charge is 0.394 e. The molecule has 0 amide bonds. The van der Waals surface area contributed by atoms with Crippen LogP contribution in [0, 0.1) is 0 Å². The van der Waals surface area contributed by atoms with Crippen LogP contribution in [0.4, 0.5) is 0 Å². The first-order valence-corrected chi connectivity index (χ1v) is 3.78. The van der Waals surface area contributed by atoms with E-state index in [0.29, 0.717) is 0 Å². The molecular weight excluding hydrogens is 180 g/mol. The van der Waals surface area contributed by atoms with E-state index in [-0.39, 0.29) is 0 Å². The van der Waals surface area contributed by atoms with Crippen LogP contribution in [-0.2, 0) is 4.79 Å². The van der Waals surface area contributed by atoms with Crippen LogP contribution >= 0.6 is 0 Å². The Balaban J connectivity index is 4.24. The summed E-state index contributed by atoms with van der Waals surface area (Å²) < 4.78 is 0. The van der Waals surface area contributed by atoms with Gasteiger partial charge in [0, 0.05) is 0 Å². The van der Waals surface area contributed by atoms with Gasteiger partial charge in [0.1, 0.15) is 24.4 Å². The Hall–Kier alpha value is -0.530. The highest BCUT2D eigenvalue weighted by Crippen LogP contribution is 2.03. The zero-order valence-electron chi connectivity index (χ0n) is 7.16. The molecule has 0 aliphatic heterocycles. The molecule has 0 spiro atoms. The lowest BCUT2D eigenvalue weighted by atomic mass is 10.0. The average Bonchev–Trinajstić information content (AvgIpc) is 2.12. The monoisotopic (exact) mass is 194 g/mol. The normalized spacial score (nSPS) is 20.5. The van der Waals surface area contributed by atoms with Gasteiger partial charge in [-0.3, -0.25) is 4.79 Å². The Kier molecular flexibility index (Phi) is 5.04. The van der Waals surface area contributed by atoms with Crippen molar-refractivity contribution in [3.8, 4) is 0 Å². The highest BCUT2D eigenvalue weighted by molar-refractivity contribution is 5.87. The van der Waals surface area contributed by atoms with Crippen molar-refractivity contribution < 1.29 is 30.3 Å². The van der Waals surface area contributed by atoms with Gasteiger partial charge < -0.3 is 25.5 Å². The van der Waals surface area contributed by atoms with Gasteiger partial charge in [-0.1, -0.05) is 0 Å². The molecule has 0 aliphatic rings. The first-order chi connectivity index (χ1) is 5.91. The van der Waals surface area contributed by atoms with Gasteiger partial charge in [-0.15, -0.1) is 0 Å². The van der Waals surface area contributed by atoms with Crippen LogP contribution in [0.25, 0.3) is 0 Å². The number of aliphatic hydroxyl groups excluding tert-OH is 5. The average molecular weight is 194 g/mol. The standard InChI is InChI=1S/C7H14O6/c1-3(9)5(11)7(13)6(12)4(10)2-8/h3-4,6-10,12-13H,2H2,1H3/t3?,4-,6-,7+/m1/s1. The number of hydrogen-bond acceptors (Lipinski definition) is 6. The number of carbonyl (C=O) groups is 1. The Labute approximate surface area is 75.1 Å². The maximum atomic E-state index is 10.9. The van der Waals surface area contributed by atoms with Crippen LogP contribution in [0.3, 0.4) is 0 Å². The molecule has 0 aliphatic carbocycles. The molecule has 78 valence electrons. The Morgan fingerprint density at radius 1 is 1.23 bits per heavy atom. The summed E-state index contributed by atoms with van der Waals surface area (Å²) in [6.45, 7) is 0.356. The van der Waals surface area contributed by atoms with Gasteiger partial charge in [-0.25, -0.2) is 0 Å². The molecule has 13 heavy (non-hydrogen) atoms. The van der Waals surface area contributed by atoms with E-state index in [2.05, 4.69) is 0 Å². The van der Waals surface area contributed by atoms with Gasteiger partial charge >= 0.3 is 0 Å². The predicted molar refractivity (Wildman–Crippen MR) is 41.8 cm³/mol. The number of hydrogen-bond donors (Lipinski definition) is 5. The molecule has 0 aromatic rings. The molecule has 0 fully saturated rings. The molecular formula is C7H14O6. The van der Waals surface area contributed by atoms with E-state index < -0.39 is 36.8 Å². The topological polar surface area (TPSA) is 118 Å². The minimum absolute atomic E-state index is 0.773. The maximum absolute atomic E-state index is 10.9. The van der Waals surface area contributed by atoms with Crippen molar-refractivity contribution >= 4 is 5.78 Å². The van der Waals surface area contributed by atoms with Crippen molar-refractivity contribution in [2.24, 2.45) is 0 Å². The summed E-state index contributed by atoms with van der Waals surface area (Å²) in [4.78, 5) is 10.9. The fourth-order valence-corrected chi connectivity index (χ4v) is 0.734. The highest BCUT2D eigenvalue weighted by atomic mass is 16.4. The SMILES string of the molecule is CC(O)C(=O)[C@H](O)[C@H](O)[C@H](O)CO. The Morgan fingerprint density at radius 3 is 2.00 bits per heavy atom. The van der Waals surface area contributed by atoms with Gasteiger partial charge in [0.15, 0.2) is 5.78 Å². The fourth-order valence-electron chi connectivity index (χ4n) is 0.734. The van der Waals surface area contributed by atoms with Gasteiger partial charge in [-0.2, -0.15) is 0 Å². The molecule has 0 bridgehead atoms. The summed E-state index contributed by atoms with van der Waals surface area (Å²) in [5.41, 5.74) is 0. The second kappa shape index (κ2) is 5.25. The third-order valence-electron chi connectivity index (χ3n) is 1.61. The Morgan fingerprint density at radius 2 is 1.69 bits per heavy atom. The molecule has 0 saturated carbocycles. The molecule has 1 unspecified atom stereocenters. The summed E-state index contributed by atoms with van der Waals surface area (Å²) in [5, 5.41) is 44.0. The molecule has 5 N–H and O–H groups in total. The summed E-state index contributed by atoms with van der Waals surface area (Å²) in [5.74, 6) is -1.000. The number of carbonyl (C=O) groups excluding carboxylic acids is 1. The summed E-state index contributed by atoms with van der Waals surface area (Å²) in [6.07, 6.45) is -6.69. The molecule has 0 aromatic heterocycles.